The lowest BCUT2D eigenvalue weighted by Gasteiger charge is -2.11. The first-order chi connectivity index (χ1) is 12.8. The molecular weight excluding hydrogens is 373 g/mol. The second kappa shape index (κ2) is 8.00. The summed E-state index contributed by atoms with van der Waals surface area (Å²) in [6.07, 6.45) is -4.58. The van der Waals surface area contributed by atoms with Gasteiger partial charge in [0.05, 0.1) is 0 Å². The Morgan fingerprint density at radius 3 is 2.44 bits per heavy atom. The van der Waals surface area contributed by atoms with Gasteiger partial charge in [-0.15, -0.1) is 0 Å². The summed E-state index contributed by atoms with van der Waals surface area (Å²) < 4.78 is 45.2. The molecular formula is C20H17F3N2OS. The zero-order valence-electron chi connectivity index (χ0n) is 14.7. The van der Waals surface area contributed by atoms with Crippen LogP contribution in [0.2, 0.25) is 0 Å². The predicted molar refractivity (Wildman–Crippen MR) is 99.0 cm³/mol. The van der Waals surface area contributed by atoms with Crippen molar-refractivity contribution in [1.82, 2.24) is 9.97 Å². The van der Waals surface area contributed by atoms with Crippen molar-refractivity contribution in [1.29, 1.82) is 0 Å². The second-order valence-corrected chi connectivity index (χ2v) is 6.95. The van der Waals surface area contributed by atoms with Gasteiger partial charge in [-0.2, -0.15) is 18.2 Å². The average molecular weight is 390 g/mol. The van der Waals surface area contributed by atoms with Gasteiger partial charge in [0.1, 0.15) is 5.75 Å². The fourth-order valence-electron chi connectivity index (χ4n) is 2.38. The van der Waals surface area contributed by atoms with Gasteiger partial charge < -0.3 is 4.74 Å². The number of halogens is 3. The van der Waals surface area contributed by atoms with Crippen molar-refractivity contribution in [3.05, 3.63) is 77.0 Å². The monoisotopic (exact) mass is 390 g/mol. The maximum absolute atomic E-state index is 13.2. The quantitative estimate of drug-likeness (QED) is 0.384. The molecule has 0 saturated carbocycles. The Labute approximate surface area is 159 Å². The van der Waals surface area contributed by atoms with E-state index in [1.165, 1.54) is 0 Å². The van der Waals surface area contributed by atoms with Gasteiger partial charge in [-0.1, -0.05) is 48.2 Å². The van der Waals surface area contributed by atoms with Crippen LogP contribution in [0.15, 0.2) is 59.8 Å². The Morgan fingerprint density at radius 1 is 0.963 bits per heavy atom. The smallest absolute Gasteiger partial charge is 0.433 e. The highest BCUT2D eigenvalue weighted by Gasteiger charge is 2.34. The number of benzene rings is 2. The number of alkyl halides is 3. The molecule has 3 nitrogen and oxygen atoms in total. The summed E-state index contributed by atoms with van der Waals surface area (Å²) in [4.78, 5) is 7.80. The number of aromatic nitrogens is 2. The number of ether oxygens (including phenoxy) is 1. The SMILES string of the molecule is Cc1cccc(Oc2cc(C(F)(F)F)nc(SCc3ccccc3C)n2)c1. The molecule has 0 fully saturated rings. The van der Waals surface area contributed by atoms with E-state index in [1.807, 2.05) is 44.2 Å². The molecule has 1 aromatic heterocycles. The molecule has 0 atom stereocenters. The summed E-state index contributed by atoms with van der Waals surface area (Å²) in [5.74, 6) is 0.768. The summed E-state index contributed by atoms with van der Waals surface area (Å²) in [6.45, 7) is 3.83. The van der Waals surface area contributed by atoms with Crippen molar-refractivity contribution in [3.63, 3.8) is 0 Å². The fourth-order valence-corrected chi connectivity index (χ4v) is 3.31. The van der Waals surface area contributed by atoms with Gasteiger partial charge in [0.15, 0.2) is 10.9 Å². The Balaban J connectivity index is 1.87. The van der Waals surface area contributed by atoms with Gasteiger partial charge in [0.25, 0.3) is 0 Å². The van der Waals surface area contributed by atoms with Gasteiger partial charge in [0.2, 0.25) is 5.88 Å². The normalized spacial score (nSPS) is 11.4. The highest BCUT2D eigenvalue weighted by Crippen LogP contribution is 2.33. The largest absolute Gasteiger partial charge is 0.439 e. The van der Waals surface area contributed by atoms with Crippen molar-refractivity contribution in [2.75, 3.05) is 0 Å². The average Bonchev–Trinajstić information content (AvgIpc) is 2.60. The first kappa shape index (κ1) is 19.2. The summed E-state index contributed by atoms with van der Waals surface area (Å²) in [6, 6.07) is 15.6. The third kappa shape index (κ3) is 5.23. The number of hydrogen-bond acceptors (Lipinski definition) is 4. The number of hydrogen-bond donors (Lipinski definition) is 0. The fraction of sp³-hybridized carbons (Fsp3) is 0.200. The van der Waals surface area contributed by atoms with Crippen molar-refractivity contribution in [2.24, 2.45) is 0 Å². The summed E-state index contributed by atoms with van der Waals surface area (Å²) in [5.41, 5.74) is 2.00. The molecule has 0 radical (unpaired) electrons. The number of aryl methyl sites for hydroxylation is 2. The molecule has 2 aromatic carbocycles. The van der Waals surface area contributed by atoms with E-state index in [2.05, 4.69) is 9.97 Å². The molecule has 140 valence electrons. The zero-order valence-corrected chi connectivity index (χ0v) is 15.6. The summed E-state index contributed by atoms with van der Waals surface area (Å²) >= 11 is 1.14. The van der Waals surface area contributed by atoms with E-state index in [1.54, 1.807) is 18.2 Å². The predicted octanol–water partition coefficient (Wildman–Crippen LogP) is 6.20. The molecule has 0 bridgehead atoms. The molecule has 0 saturated heterocycles. The van der Waals surface area contributed by atoms with Gasteiger partial charge in [0, 0.05) is 11.8 Å². The van der Waals surface area contributed by atoms with Crippen LogP contribution in [-0.4, -0.2) is 9.97 Å². The van der Waals surface area contributed by atoms with Crippen LogP contribution >= 0.6 is 11.8 Å². The minimum absolute atomic E-state index is 0.0238. The second-order valence-electron chi connectivity index (χ2n) is 6.01. The molecule has 0 amide bonds. The first-order valence-electron chi connectivity index (χ1n) is 8.19. The van der Waals surface area contributed by atoms with E-state index < -0.39 is 11.9 Å². The van der Waals surface area contributed by atoms with Gasteiger partial charge >= 0.3 is 6.18 Å². The van der Waals surface area contributed by atoms with E-state index in [9.17, 15) is 13.2 Å². The Morgan fingerprint density at radius 2 is 1.74 bits per heavy atom. The molecule has 0 N–H and O–H groups in total. The van der Waals surface area contributed by atoms with Crippen LogP contribution in [0, 0.1) is 13.8 Å². The third-order valence-corrected chi connectivity index (χ3v) is 4.70. The third-order valence-electron chi connectivity index (χ3n) is 3.80. The van der Waals surface area contributed by atoms with Crippen molar-refractivity contribution >= 4 is 11.8 Å². The lowest BCUT2D eigenvalue weighted by molar-refractivity contribution is -0.141. The van der Waals surface area contributed by atoms with Gasteiger partial charge in [-0.3, -0.25) is 0 Å². The van der Waals surface area contributed by atoms with E-state index in [-0.39, 0.29) is 11.0 Å². The Bertz CT molecular complexity index is 945. The van der Waals surface area contributed by atoms with Crippen molar-refractivity contribution in [2.45, 2.75) is 30.9 Å². The minimum Gasteiger partial charge on any atom is -0.439 e. The lowest BCUT2D eigenvalue weighted by Crippen LogP contribution is -2.10. The van der Waals surface area contributed by atoms with Crippen LogP contribution in [0.25, 0.3) is 0 Å². The number of rotatable bonds is 5. The number of nitrogens with zero attached hydrogens (tertiary/aromatic N) is 2. The van der Waals surface area contributed by atoms with Crippen LogP contribution < -0.4 is 4.74 Å². The van der Waals surface area contributed by atoms with E-state index >= 15 is 0 Å². The Kier molecular flexibility index (Phi) is 5.70. The molecule has 0 spiro atoms. The summed E-state index contributed by atoms with van der Waals surface area (Å²) in [7, 11) is 0. The molecule has 3 aromatic rings. The van der Waals surface area contributed by atoms with E-state index in [4.69, 9.17) is 4.74 Å². The highest BCUT2D eigenvalue weighted by atomic mass is 32.2. The van der Waals surface area contributed by atoms with Crippen LogP contribution in [0.1, 0.15) is 22.4 Å². The zero-order chi connectivity index (χ0) is 19.4. The summed E-state index contributed by atoms with van der Waals surface area (Å²) in [5, 5.41) is 0.0238. The molecule has 0 aliphatic carbocycles. The van der Waals surface area contributed by atoms with Crippen LogP contribution in [0.4, 0.5) is 13.2 Å². The van der Waals surface area contributed by atoms with E-state index in [0.29, 0.717) is 11.5 Å². The van der Waals surface area contributed by atoms with Crippen molar-refractivity contribution < 1.29 is 17.9 Å². The molecule has 0 aliphatic rings. The standard InChI is InChI=1S/C20H17F3N2OS/c1-13-6-5-9-16(10-13)26-18-11-17(20(21,22)23)24-19(25-18)27-12-15-8-4-3-7-14(15)2/h3-11H,12H2,1-2H3. The van der Waals surface area contributed by atoms with Crippen molar-refractivity contribution in [3.8, 4) is 11.6 Å². The molecule has 0 unspecified atom stereocenters. The highest BCUT2D eigenvalue weighted by molar-refractivity contribution is 7.98. The molecule has 7 heteroatoms. The molecule has 1 heterocycles. The van der Waals surface area contributed by atoms with E-state index in [0.717, 1.165) is 34.5 Å². The van der Waals surface area contributed by atoms with Crippen LogP contribution in [0.5, 0.6) is 11.6 Å². The lowest BCUT2D eigenvalue weighted by atomic mass is 10.1. The number of thioether (sulfide) groups is 1. The van der Waals surface area contributed by atoms with Gasteiger partial charge in [-0.05, 0) is 42.7 Å². The minimum atomic E-state index is -4.58. The molecule has 0 aliphatic heterocycles. The topological polar surface area (TPSA) is 35.0 Å². The van der Waals surface area contributed by atoms with Crippen LogP contribution in [0.3, 0.4) is 0 Å². The molecule has 27 heavy (non-hydrogen) atoms. The van der Waals surface area contributed by atoms with Crippen LogP contribution in [-0.2, 0) is 11.9 Å². The molecule has 3 rings (SSSR count). The first-order valence-corrected chi connectivity index (χ1v) is 9.18. The Hall–Kier alpha value is -2.54. The maximum atomic E-state index is 13.2. The van der Waals surface area contributed by atoms with Gasteiger partial charge in [-0.25, -0.2) is 4.98 Å². The maximum Gasteiger partial charge on any atom is 0.433 e.